The third-order valence-corrected chi connectivity index (χ3v) is 3.15. The van der Waals surface area contributed by atoms with Crippen molar-refractivity contribution >= 4 is 33.3 Å². The molecule has 0 saturated carbocycles. The van der Waals surface area contributed by atoms with Gasteiger partial charge in [-0.25, -0.2) is 0 Å². The Morgan fingerprint density at radius 3 is 2.70 bits per heavy atom. The molecule has 0 bridgehead atoms. The molecule has 0 aliphatic heterocycles. The molecule has 110 valence electrons. The van der Waals surface area contributed by atoms with E-state index in [0.29, 0.717) is 10.2 Å². The molecular weight excluding hydrogens is 330 g/mol. The molecule has 7 nitrogen and oxygen atoms in total. The Morgan fingerprint density at radius 2 is 2.20 bits per heavy atom. The number of hydrogen-bond donors (Lipinski definition) is 0. The van der Waals surface area contributed by atoms with Crippen LogP contribution in [0.3, 0.4) is 0 Å². The van der Waals surface area contributed by atoms with E-state index in [1.54, 1.807) is 11.8 Å². The highest BCUT2D eigenvalue weighted by atomic mass is 79.9. The lowest BCUT2D eigenvalue weighted by molar-refractivity contribution is -0.384. The van der Waals surface area contributed by atoms with Crippen LogP contribution in [-0.2, 0) is 9.53 Å². The number of nitro groups is 1. The van der Waals surface area contributed by atoms with Crippen molar-refractivity contribution in [3.63, 3.8) is 0 Å². The Kier molecular flexibility index (Phi) is 5.87. The van der Waals surface area contributed by atoms with Crippen molar-refractivity contribution in [2.24, 2.45) is 0 Å². The Bertz CT molecular complexity index is 507. The van der Waals surface area contributed by atoms with Gasteiger partial charge in [-0.1, -0.05) is 0 Å². The molecule has 8 heteroatoms. The van der Waals surface area contributed by atoms with E-state index in [0.717, 1.165) is 0 Å². The highest BCUT2D eigenvalue weighted by Gasteiger charge is 2.26. The predicted molar refractivity (Wildman–Crippen MR) is 77.7 cm³/mol. The summed E-state index contributed by atoms with van der Waals surface area (Å²) in [4.78, 5) is 27.7. The van der Waals surface area contributed by atoms with Crippen LogP contribution < -0.4 is 4.90 Å². The molecule has 0 aliphatic carbocycles. The third-order valence-electron chi connectivity index (χ3n) is 2.57. The van der Waals surface area contributed by atoms with E-state index in [1.807, 2.05) is 13.8 Å². The summed E-state index contributed by atoms with van der Waals surface area (Å²) in [5.41, 5.74) is 0.172. The average Bonchev–Trinajstić information content (AvgIpc) is 2.36. The van der Waals surface area contributed by atoms with Crippen molar-refractivity contribution in [2.75, 3.05) is 18.1 Å². The highest BCUT2D eigenvalue weighted by molar-refractivity contribution is 9.10. The SMILES string of the molecule is CCOC(=O)CN(c1c(Br)cncc1[N+](=O)[O-])C(C)C. The maximum atomic E-state index is 11.7. The zero-order valence-corrected chi connectivity index (χ0v) is 13.1. The third kappa shape index (κ3) is 3.89. The lowest BCUT2D eigenvalue weighted by Crippen LogP contribution is -2.37. The van der Waals surface area contributed by atoms with Gasteiger partial charge in [-0.3, -0.25) is 19.9 Å². The largest absolute Gasteiger partial charge is 0.465 e. The van der Waals surface area contributed by atoms with Gasteiger partial charge in [0.05, 0.1) is 16.0 Å². The molecule has 0 N–H and O–H groups in total. The molecule has 0 radical (unpaired) electrons. The molecule has 20 heavy (non-hydrogen) atoms. The molecule has 1 rings (SSSR count). The van der Waals surface area contributed by atoms with E-state index in [2.05, 4.69) is 20.9 Å². The summed E-state index contributed by atoms with van der Waals surface area (Å²) < 4.78 is 5.37. The second-order valence-electron chi connectivity index (χ2n) is 4.27. The Hall–Kier alpha value is -1.70. The van der Waals surface area contributed by atoms with E-state index in [1.165, 1.54) is 12.4 Å². The second-order valence-corrected chi connectivity index (χ2v) is 5.13. The smallest absolute Gasteiger partial charge is 0.325 e. The van der Waals surface area contributed by atoms with Crippen LogP contribution in [0, 0.1) is 10.1 Å². The van der Waals surface area contributed by atoms with E-state index in [4.69, 9.17) is 4.74 Å². The molecule has 0 saturated heterocycles. The van der Waals surface area contributed by atoms with Gasteiger partial charge in [-0.2, -0.15) is 0 Å². The first-order valence-electron chi connectivity index (χ1n) is 6.08. The topological polar surface area (TPSA) is 85.6 Å². The van der Waals surface area contributed by atoms with E-state index in [9.17, 15) is 14.9 Å². The number of ether oxygens (including phenoxy) is 1. The molecule has 1 aromatic heterocycles. The number of hydrogen-bond acceptors (Lipinski definition) is 6. The van der Waals surface area contributed by atoms with Crippen molar-refractivity contribution in [1.82, 2.24) is 4.98 Å². The summed E-state index contributed by atoms with van der Waals surface area (Å²) in [5.74, 6) is -0.431. The number of rotatable bonds is 6. The minimum Gasteiger partial charge on any atom is -0.465 e. The molecule has 1 heterocycles. The molecule has 0 aliphatic rings. The summed E-state index contributed by atoms with van der Waals surface area (Å²) in [6.45, 7) is 5.60. The number of pyridine rings is 1. The van der Waals surface area contributed by atoms with Gasteiger partial charge in [-0.15, -0.1) is 0 Å². The lowest BCUT2D eigenvalue weighted by Gasteiger charge is -2.28. The fourth-order valence-corrected chi connectivity index (χ4v) is 2.25. The fraction of sp³-hybridized carbons (Fsp3) is 0.500. The van der Waals surface area contributed by atoms with Crippen LogP contribution in [0.25, 0.3) is 0 Å². The van der Waals surface area contributed by atoms with Crippen LogP contribution in [-0.4, -0.2) is 35.1 Å². The monoisotopic (exact) mass is 345 g/mol. The second kappa shape index (κ2) is 7.18. The molecule has 0 fully saturated rings. The molecule has 0 spiro atoms. The van der Waals surface area contributed by atoms with Crippen molar-refractivity contribution in [3.05, 3.63) is 27.0 Å². The van der Waals surface area contributed by atoms with Crippen molar-refractivity contribution < 1.29 is 14.5 Å². The first-order valence-corrected chi connectivity index (χ1v) is 6.87. The van der Waals surface area contributed by atoms with Gasteiger partial charge < -0.3 is 9.64 Å². The van der Waals surface area contributed by atoms with Crippen molar-refractivity contribution in [1.29, 1.82) is 0 Å². The van der Waals surface area contributed by atoms with E-state index < -0.39 is 10.9 Å². The van der Waals surface area contributed by atoms with E-state index >= 15 is 0 Å². The zero-order chi connectivity index (χ0) is 15.3. The normalized spacial score (nSPS) is 10.4. The summed E-state index contributed by atoms with van der Waals surface area (Å²) in [6, 6.07) is -0.114. The predicted octanol–water partition coefficient (Wildman–Crippen LogP) is 2.53. The molecule has 0 atom stereocenters. The Morgan fingerprint density at radius 1 is 1.55 bits per heavy atom. The van der Waals surface area contributed by atoms with Crippen LogP contribution in [0.15, 0.2) is 16.9 Å². The molecule has 0 unspecified atom stereocenters. The number of nitrogens with zero attached hydrogens (tertiary/aromatic N) is 3. The summed E-state index contributed by atoms with van der Waals surface area (Å²) in [5, 5.41) is 11.1. The van der Waals surface area contributed by atoms with E-state index in [-0.39, 0.29) is 24.9 Å². The zero-order valence-electron chi connectivity index (χ0n) is 11.5. The van der Waals surface area contributed by atoms with Crippen LogP contribution in [0.2, 0.25) is 0 Å². The minimum absolute atomic E-state index is 0.0606. The highest BCUT2D eigenvalue weighted by Crippen LogP contribution is 2.35. The van der Waals surface area contributed by atoms with Crippen LogP contribution in [0.4, 0.5) is 11.4 Å². The Labute approximate surface area is 125 Å². The molecule has 0 amide bonds. The standard InChI is InChI=1S/C12H16BrN3O4/c1-4-20-11(17)7-15(8(2)3)12-9(13)5-14-6-10(12)16(18)19/h5-6,8H,4,7H2,1-3H3. The quantitative estimate of drug-likeness (QED) is 0.447. The van der Waals surface area contributed by atoms with Gasteiger partial charge in [0.1, 0.15) is 18.4 Å². The van der Waals surface area contributed by atoms with Gasteiger partial charge in [0.15, 0.2) is 0 Å². The van der Waals surface area contributed by atoms with Crippen LogP contribution >= 0.6 is 15.9 Å². The van der Waals surface area contributed by atoms with Gasteiger partial charge >= 0.3 is 11.7 Å². The molecule has 1 aromatic rings. The minimum atomic E-state index is -0.520. The number of carbonyl (C=O) groups is 1. The maximum absolute atomic E-state index is 11.7. The summed E-state index contributed by atoms with van der Waals surface area (Å²) in [7, 11) is 0. The summed E-state index contributed by atoms with van der Waals surface area (Å²) >= 11 is 3.25. The Balaban J connectivity index is 3.21. The fourth-order valence-electron chi connectivity index (χ4n) is 1.70. The van der Waals surface area contributed by atoms with Gasteiger partial charge in [-0.05, 0) is 36.7 Å². The first-order chi connectivity index (χ1) is 9.38. The number of halogens is 1. The van der Waals surface area contributed by atoms with Gasteiger partial charge in [0, 0.05) is 12.2 Å². The lowest BCUT2D eigenvalue weighted by atomic mass is 10.2. The molecule has 0 aromatic carbocycles. The van der Waals surface area contributed by atoms with Crippen molar-refractivity contribution in [3.8, 4) is 0 Å². The maximum Gasteiger partial charge on any atom is 0.325 e. The van der Waals surface area contributed by atoms with Crippen LogP contribution in [0.1, 0.15) is 20.8 Å². The van der Waals surface area contributed by atoms with Gasteiger partial charge in [0.2, 0.25) is 0 Å². The number of aromatic nitrogens is 1. The summed E-state index contributed by atoms with van der Waals surface area (Å²) in [6.07, 6.45) is 2.63. The van der Waals surface area contributed by atoms with Crippen molar-refractivity contribution in [2.45, 2.75) is 26.8 Å². The van der Waals surface area contributed by atoms with Gasteiger partial charge in [0.25, 0.3) is 0 Å². The van der Waals surface area contributed by atoms with Crippen LogP contribution in [0.5, 0.6) is 0 Å². The molecular formula is C12H16BrN3O4. The first kappa shape index (κ1) is 16.4. The number of esters is 1. The average molecular weight is 346 g/mol. The number of anilines is 1. The number of carbonyl (C=O) groups excluding carboxylic acids is 1.